The summed E-state index contributed by atoms with van der Waals surface area (Å²) >= 11 is 0. The van der Waals surface area contributed by atoms with Crippen molar-refractivity contribution < 1.29 is 14.3 Å². The van der Waals surface area contributed by atoms with E-state index in [0.29, 0.717) is 18.4 Å². The largest absolute Gasteiger partial charge is 0.459 e. The number of esters is 1. The van der Waals surface area contributed by atoms with Gasteiger partial charge in [-0.15, -0.1) is 0 Å². The van der Waals surface area contributed by atoms with Gasteiger partial charge < -0.3 is 9.53 Å². The molecule has 0 aliphatic carbocycles. The second-order valence-electron chi connectivity index (χ2n) is 5.16. The summed E-state index contributed by atoms with van der Waals surface area (Å²) in [5, 5.41) is 0. The molecule has 0 aromatic heterocycles. The molecule has 0 radical (unpaired) electrons. The van der Waals surface area contributed by atoms with Gasteiger partial charge in [-0.3, -0.25) is 0 Å². The predicted molar refractivity (Wildman–Crippen MR) is 85.7 cm³/mol. The number of rotatable bonds is 8. The fourth-order valence-corrected chi connectivity index (χ4v) is 2.28. The van der Waals surface area contributed by atoms with Crippen LogP contribution >= 0.6 is 0 Å². The molecule has 2 aromatic rings. The third kappa shape index (κ3) is 5.17. The van der Waals surface area contributed by atoms with Gasteiger partial charge in [-0.2, -0.15) is 0 Å². The van der Waals surface area contributed by atoms with Gasteiger partial charge in [-0.25, -0.2) is 4.79 Å². The topological polar surface area (TPSA) is 43.4 Å². The van der Waals surface area contributed by atoms with Crippen molar-refractivity contribution in [3.63, 3.8) is 0 Å². The Morgan fingerprint density at radius 1 is 0.955 bits per heavy atom. The molecular weight excluding hydrogens is 276 g/mol. The van der Waals surface area contributed by atoms with E-state index in [4.69, 9.17) is 4.74 Å². The predicted octanol–water partition coefficient (Wildman–Crippen LogP) is 3.82. The SMILES string of the molecule is O=CCCC(CCc1ccccc1)OC(=O)c1ccccc1. The number of ether oxygens (including phenoxy) is 1. The first-order valence-electron chi connectivity index (χ1n) is 7.53. The number of aldehydes is 1. The molecule has 1 unspecified atom stereocenters. The van der Waals surface area contributed by atoms with E-state index in [1.165, 1.54) is 5.56 Å². The Morgan fingerprint density at radius 2 is 1.59 bits per heavy atom. The molecule has 0 aliphatic heterocycles. The van der Waals surface area contributed by atoms with Crippen LogP contribution in [0.3, 0.4) is 0 Å². The van der Waals surface area contributed by atoms with Crippen LogP contribution in [0.25, 0.3) is 0 Å². The van der Waals surface area contributed by atoms with Crippen molar-refractivity contribution in [3.8, 4) is 0 Å². The van der Waals surface area contributed by atoms with Crippen LogP contribution in [0.5, 0.6) is 0 Å². The highest BCUT2D eigenvalue weighted by atomic mass is 16.5. The number of hydrogen-bond donors (Lipinski definition) is 0. The van der Waals surface area contributed by atoms with Crippen LogP contribution in [0, 0.1) is 0 Å². The Morgan fingerprint density at radius 3 is 2.23 bits per heavy atom. The average molecular weight is 296 g/mol. The van der Waals surface area contributed by atoms with Crippen LogP contribution in [0.15, 0.2) is 60.7 Å². The van der Waals surface area contributed by atoms with Gasteiger partial charge in [-0.05, 0) is 37.0 Å². The van der Waals surface area contributed by atoms with Crippen LogP contribution in [0.4, 0.5) is 0 Å². The molecule has 22 heavy (non-hydrogen) atoms. The van der Waals surface area contributed by atoms with E-state index in [9.17, 15) is 9.59 Å². The highest BCUT2D eigenvalue weighted by Gasteiger charge is 2.15. The van der Waals surface area contributed by atoms with E-state index in [1.54, 1.807) is 24.3 Å². The van der Waals surface area contributed by atoms with Gasteiger partial charge in [0.15, 0.2) is 0 Å². The first-order chi connectivity index (χ1) is 10.8. The lowest BCUT2D eigenvalue weighted by Gasteiger charge is -2.17. The van der Waals surface area contributed by atoms with Crippen molar-refractivity contribution in [3.05, 3.63) is 71.8 Å². The molecule has 3 nitrogen and oxygen atoms in total. The number of aryl methyl sites for hydroxylation is 1. The summed E-state index contributed by atoms with van der Waals surface area (Å²) in [6.07, 6.45) is 3.14. The van der Waals surface area contributed by atoms with Gasteiger partial charge in [0.05, 0.1) is 5.56 Å². The summed E-state index contributed by atoms with van der Waals surface area (Å²) in [6, 6.07) is 19.0. The molecule has 0 saturated carbocycles. The van der Waals surface area contributed by atoms with Crippen molar-refractivity contribution in [1.29, 1.82) is 0 Å². The van der Waals surface area contributed by atoms with Gasteiger partial charge in [-0.1, -0.05) is 48.5 Å². The van der Waals surface area contributed by atoms with E-state index in [0.717, 1.165) is 19.1 Å². The van der Waals surface area contributed by atoms with Gasteiger partial charge >= 0.3 is 5.97 Å². The molecule has 0 fully saturated rings. The molecule has 114 valence electrons. The van der Waals surface area contributed by atoms with Crippen LogP contribution < -0.4 is 0 Å². The third-order valence-electron chi connectivity index (χ3n) is 3.49. The molecule has 0 N–H and O–H groups in total. The summed E-state index contributed by atoms with van der Waals surface area (Å²) in [5.74, 6) is -0.329. The smallest absolute Gasteiger partial charge is 0.338 e. The summed E-state index contributed by atoms with van der Waals surface area (Å²) in [7, 11) is 0. The fourth-order valence-electron chi connectivity index (χ4n) is 2.28. The third-order valence-corrected chi connectivity index (χ3v) is 3.49. The zero-order valence-corrected chi connectivity index (χ0v) is 12.5. The molecule has 0 amide bonds. The van der Waals surface area contributed by atoms with Crippen LogP contribution in [-0.4, -0.2) is 18.4 Å². The summed E-state index contributed by atoms with van der Waals surface area (Å²) in [6.45, 7) is 0. The van der Waals surface area contributed by atoms with E-state index in [1.807, 2.05) is 24.3 Å². The quantitative estimate of drug-likeness (QED) is 0.549. The Kier molecular flexibility index (Phi) is 6.37. The number of carbonyl (C=O) groups excluding carboxylic acids is 2. The minimum absolute atomic E-state index is 0.238. The zero-order chi connectivity index (χ0) is 15.6. The molecule has 2 aromatic carbocycles. The maximum absolute atomic E-state index is 12.1. The van der Waals surface area contributed by atoms with Gasteiger partial charge in [0.25, 0.3) is 0 Å². The number of carbonyl (C=O) groups is 2. The molecule has 0 aliphatic rings. The molecule has 0 saturated heterocycles. The maximum atomic E-state index is 12.1. The molecule has 1 atom stereocenters. The minimum Gasteiger partial charge on any atom is -0.459 e. The van der Waals surface area contributed by atoms with Crippen molar-refractivity contribution in [2.45, 2.75) is 31.8 Å². The summed E-state index contributed by atoms with van der Waals surface area (Å²) < 4.78 is 5.56. The Balaban J connectivity index is 1.93. The minimum atomic E-state index is -0.329. The standard InChI is InChI=1S/C19H20O3/c20-15-7-12-18(14-13-16-8-3-1-4-9-16)22-19(21)17-10-5-2-6-11-17/h1-6,8-11,15,18H,7,12-14H2. The Labute approximate surface area is 130 Å². The molecule has 0 heterocycles. The lowest BCUT2D eigenvalue weighted by molar-refractivity contribution is -0.108. The zero-order valence-electron chi connectivity index (χ0n) is 12.5. The van der Waals surface area contributed by atoms with Crippen LogP contribution in [-0.2, 0) is 16.0 Å². The normalized spacial score (nSPS) is 11.6. The van der Waals surface area contributed by atoms with Gasteiger partial charge in [0, 0.05) is 6.42 Å². The number of hydrogen-bond acceptors (Lipinski definition) is 3. The second-order valence-corrected chi connectivity index (χ2v) is 5.16. The average Bonchev–Trinajstić information content (AvgIpc) is 2.59. The molecular formula is C19H20O3. The highest BCUT2D eigenvalue weighted by Crippen LogP contribution is 2.14. The molecule has 2 rings (SSSR count). The lowest BCUT2D eigenvalue weighted by Crippen LogP contribution is -2.19. The van der Waals surface area contributed by atoms with Crippen molar-refractivity contribution in [2.24, 2.45) is 0 Å². The molecule has 0 spiro atoms. The molecule has 0 bridgehead atoms. The van der Waals surface area contributed by atoms with Gasteiger partial charge in [0.2, 0.25) is 0 Å². The first kappa shape index (κ1) is 16.0. The second kappa shape index (κ2) is 8.78. The summed E-state index contributed by atoms with van der Waals surface area (Å²) in [5.41, 5.74) is 1.74. The lowest BCUT2D eigenvalue weighted by atomic mass is 10.0. The van der Waals surface area contributed by atoms with Crippen molar-refractivity contribution >= 4 is 12.3 Å². The Hall–Kier alpha value is -2.42. The van der Waals surface area contributed by atoms with Crippen molar-refractivity contribution in [1.82, 2.24) is 0 Å². The fraction of sp³-hybridized carbons (Fsp3) is 0.263. The van der Waals surface area contributed by atoms with Crippen molar-refractivity contribution in [2.75, 3.05) is 0 Å². The van der Waals surface area contributed by atoms with Gasteiger partial charge in [0.1, 0.15) is 12.4 Å². The Bertz CT molecular complexity index is 578. The van der Waals surface area contributed by atoms with E-state index < -0.39 is 0 Å². The van der Waals surface area contributed by atoms with E-state index in [2.05, 4.69) is 12.1 Å². The van der Waals surface area contributed by atoms with E-state index in [-0.39, 0.29) is 12.1 Å². The van der Waals surface area contributed by atoms with Crippen LogP contribution in [0.2, 0.25) is 0 Å². The summed E-state index contributed by atoms with van der Waals surface area (Å²) in [4.78, 5) is 22.7. The molecule has 3 heteroatoms. The monoisotopic (exact) mass is 296 g/mol. The van der Waals surface area contributed by atoms with E-state index >= 15 is 0 Å². The van der Waals surface area contributed by atoms with Crippen LogP contribution in [0.1, 0.15) is 35.2 Å². The highest BCUT2D eigenvalue weighted by molar-refractivity contribution is 5.89. The maximum Gasteiger partial charge on any atom is 0.338 e. The first-order valence-corrected chi connectivity index (χ1v) is 7.53. The number of benzene rings is 2.